The largest absolute Gasteiger partial charge is 0.389 e. The summed E-state index contributed by atoms with van der Waals surface area (Å²) in [4.78, 5) is 0.249. The van der Waals surface area contributed by atoms with Crippen molar-refractivity contribution in [2.75, 3.05) is 11.9 Å². The fraction of sp³-hybridized carbons (Fsp3) is 0.417. The maximum atomic E-state index is 12.0. The van der Waals surface area contributed by atoms with Crippen LogP contribution in [0.2, 0.25) is 0 Å². The van der Waals surface area contributed by atoms with E-state index in [1.807, 2.05) is 6.07 Å². The molecule has 1 aromatic carbocycles. The van der Waals surface area contributed by atoms with Crippen molar-refractivity contribution in [1.82, 2.24) is 0 Å². The molecule has 1 rings (SSSR count). The number of benzene rings is 1. The minimum atomic E-state index is -4.08. The zero-order chi connectivity index (χ0) is 14.5. The maximum absolute atomic E-state index is 12.0. The summed E-state index contributed by atoms with van der Waals surface area (Å²) in [6.45, 7) is 0.452. The normalized spacial score (nSPS) is 11.4. The summed E-state index contributed by atoms with van der Waals surface area (Å²) in [6, 6.07) is 5.39. The summed E-state index contributed by atoms with van der Waals surface area (Å²) in [5.41, 5.74) is 7.01. The first-order valence-corrected chi connectivity index (χ1v) is 6.90. The molecule has 0 saturated carbocycles. The molecule has 0 unspecified atom stereocenters. The molecular formula is C12H14BrF3N2S. The van der Waals surface area contributed by atoms with Crippen LogP contribution in [0.4, 0.5) is 18.9 Å². The third-order valence-electron chi connectivity index (χ3n) is 2.45. The molecule has 0 aliphatic rings. The molecule has 0 atom stereocenters. The average molecular weight is 355 g/mol. The highest BCUT2D eigenvalue weighted by Crippen LogP contribution is 2.23. The Hall–Kier alpha value is -0.820. The predicted molar refractivity (Wildman–Crippen MR) is 78.4 cm³/mol. The van der Waals surface area contributed by atoms with Crippen molar-refractivity contribution in [2.24, 2.45) is 5.73 Å². The Morgan fingerprint density at radius 3 is 2.58 bits per heavy atom. The summed E-state index contributed by atoms with van der Waals surface area (Å²) in [5, 5.41) is 3.05. The van der Waals surface area contributed by atoms with Gasteiger partial charge in [0.15, 0.2) is 0 Å². The smallest absolute Gasteiger partial charge is 0.389 e. The van der Waals surface area contributed by atoms with E-state index in [4.69, 9.17) is 18.0 Å². The van der Waals surface area contributed by atoms with E-state index in [9.17, 15) is 13.2 Å². The number of hydrogen-bond donors (Lipinski definition) is 2. The molecule has 0 spiro atoms. The van der Waals surface area contributed by atoms with Crippen LogP contribution in [0, 0.1) is 0 Å². The van der Waals surface area contributed by atoms with Gasteiger partial charge in [-0.05, 0) is 31.0 Å². The Kier molecular flexibility index (Phi) is 6.06. The van der Waals surface area contributed by atoms with Crippen LogP contribution in [0.15, 0.2) is 22.7 Å². The monoisotopic (exact) mass is 354 g/mol. The summed E-state index contributed by atoms with van der Waals surface area (Å²) in [5.74, 6) is 0. The van der Waals surface area contributed by atoms with E-state index in [0.29, 0.717) is 18.5 Å². The number of unbranched alkanes of at least 4 members (excludes halogenated alkanes) is 1. The lowest BCUT2D eigenvalue weighted by molar-refractivity contribution is -0.135. The summed E-state index contributed by atoms with van der Waals surface area (Å²) in [7, 11) is 0. The quantitative estimate of drug-likeness (QED) is 0.593. The molecule has 7 heteroatoms. The first-order valence-electron chi connectivity index (χ1n) is 5.69. The summed E-state index contributed by atoms with van der Waals surface area (Å²) >= 11 is 8.24. The van der Waals surface area contributed by atoms with E-state index in [-0.39, 0.29) is 11.4 Å². The fourth-order valence-corrected chi connectivity index (χ4v) is 2.08. The molecule has 0 aromatic heterocycles. The third-order valence-corrected chi connectivity index (χ3v) is 3.16. The van der Waals surface area contributed by atoms with Crippen LogP contribution in [0.25, 0.3) is 0 Å². The first kappa shape index (κ1) is 16.2. The van der Waals surface area contributed by atoms with Gasteiger partial charge < -0.3 is 11.1 Å². The third kappa shape index (κ3) is 6.24. The van der Waals surface area contributed by atoms with Crippen LogP contribution in [0.3, 0.4) is 0 Å². The molecule has 0 fully saturated rings. The van der Waals surface area contributed by atoms with Gasteiger partial charge in [0.05, 0.1) is 0 Å². The van der Waals surface area contributed by atoms with Gasteiger partial charge in [0.1, 0.15) is 4.99 Å². The number of hydrogen-bond acceptors (Lipinski definition) is 2. The molecule has 0 aliphatic carbocycles. The fourth-order valence-electron chi connectivity index (χ4n) is 1.55. The molecule has 1 aromatic rings. The van der Waals surface area contributed by atoms with Gasteiger partial charge >= 0.3 is 6.18 Å². The zero-order valence-electron chi connectivity index (χ0n) is 10.1. The van der Waals surface area contributed by atoms with Gasteiger partial charge in [0.25, 0.3) is 0 Å². The van der Waals surface area contributed by atoms with Crippen molar-refractivity contribution in [3.63, 3.8) is 0 Å². The Morgan fingerprint density at radius 2 is 2.00 bits per heavy atom. The number of halogens is 4. The van der Waals surface area contributed by atoms with E-state index < -0.39 is 12.6 Å². The maximum Gasteiger partial charge on any atom is 0.389 e. The SMILES string of the molecule is NC(=S)c1cc(Br)ccc1NCCCCC(F)(F)F. The molecule has 0 bridgehead atoms. The predicted octanol–water partition coefficient (Wildman–Crippen LogP) is 4.23. The van der Waals surface area contributed by atoms with Crippen molar-refractivity contribution in [3.05, 3.63) is 28.2 Å². The van der Waals surface area contributed by atoms with E-state index in [1.165, 1.54) is 0 Å². The van der Waals surface area contributed by atoms with E-state index in [1.54, 1.807) is 12.1 Å². The molecule has 19 heavy (non-hydrogen) atoms. The lowest BCUT2D eigenvalue weighted by atomic mass is 10.1. The van der Waals surface area contributed by atoms with Gasteiger partial charge in [-0.2, -0.15) is 13.2 Å². The molecule has 0 amide bonds. The molecular weight excluding hydrogens is 341 g/mol. The van der Waals surface area contributed by atoms with Crippen LogP contribution in [-0.4, -0.2) is 17.7 Å². The van der Waals surface area contributed by atoms with Gasteiger partial charge in [-0.1, -0.05) is 28.1 Å². The van der Waals surface area contributed by atoms with Crippen LogP contribution >= 0.6 is 28.1 Å². The summed E-state index contributed by atoms with van der Waals surface area (Å²) < 4.78 is 36.7. The van der Waals surface area contributed by atoms with E-state index in [2.05, 4.69) is 21.2 Å². The minimum Gasteiger partial charge on any atom is -0.389 e. The first-order chi connectivity index (χ1) is 8.79. The Morgan fingerprint density at radius 1 is 1.32 bits per heavy atom. The van der Waals surface area contributed by atoms with Gasteiger partial charge in [0, 0.05) is 28.7 Å². The summed E-state index contributed by atoms with van der Waals surface area (Å²) in [6.07, 6.45) is -4.29. The van der Waals surface area contributed by atoms with Crippen molar-refractivity contribution in [3.8, 4) is 0 Å². The molecule has 0 aliphatic heterocycles. The van der Waals surface area contributed by atoms with Crippen molar-refractivity contribution in [2.45, 2.75) is 25.4 Å². The lowest BCUT2D eigenvalue weighted by Crippen LogP contribution is -2.14. The number of nitrogens with two attached hydrogens (primary N) is 1. The van der Waals surface area contributed by atoms with E-state index >= 15 is 0 Å². The second-order valence-corrected chi connectivity index (χ2v) is 5.41. The Bertz CT molecular complexity index is 449. The number of rotatable bonds is 6. The zero-order valence-corrected chi connectivity index (χ0v) is 12.5. The molecule has 2 nitrogen and oxygen atoms in total. The second-order valence-electron chi connectivity index (χ2n) is 4.05. The highest BCUT2D eigenvalue weighted by Gasteiger charge is 2.25. The molecule has 0 saturated heterocycles. The van der Waals surface area contributed by atoms with Gasteiger partial charge in [-0.15, -0.1) is 0 Å². The molecule has 3 N–H and O–H groups in total. The van der Waals surface area contributed by atoms with Gasteiger partial charge in [-0.3, -0.25) is 0 Å². The molecule has 106 valence electrons. The molecule has 0 heterocycles. The minimum absolute atomic E-state index is 0.107. The van der Waals surface area contributed by atoms with Crippen LogP contribution in [0.1, 0.15) is 24.8 Å². The van der Waals surface area contributed by atoms with E-state index in [0.717, 1.165) is 10.2 Å². The Labute approximate surface area is 123 Å². The van der Waals surface area contributed by atoms with Crippen LogP contribution in [-0.2, 0) is 0 Å². The number of alkyl halides is 3. The topological polar surface area (TPSA) is 38.0 Å². The van der Waals surface area contributed by atoms with Gasteiger partial charge in [-0.25, -0.2) is 0 Å². The Balaban J connectivity index is 2.47. The number of nitrogens with one attached hydrogen (secondary N) is 1. The van der Waals surface area contributed by atoms with Crippen LogP contribution in [0.5, 0.6) is 0 Å². The van der Waals surface area contributed by atoms with Crippen molar-refractivity contribution >= 4 is 38.8 Å². The van der Waals surface area contributed by atoms with Gasteiger partial charge in [0.2, 0.25) is 0 Å². The number of thiocarbonyl (C=S) groups is 1. The second kappa shape index (κ2) is 7.09. The standard InChI is InChI=1S/C12H14BrF3N2S/c13-8-3-4-10(9(7-8)11(17)19)18-6-2-1-5-12(14,15)16/h3-4,7,18H,1-2,5-6H2,(H2,17,19). The lowest BCUT2D eigenvalue weighted by Gasteiger charge is -2.12. The average Bonchev–Trinajstić information content (AvgIpc) is 2.28. The number of anilines is 1. The highest BCUT2D eigenvalue weighted by molar-refractivity contribution is 9.10. The molecule has 0 radical (unpaired) electrons. The van der Waals surface area contributed by atoms with Crippen LogP contribution < -0.4 is 11.1 Å². The highest BCUT2D eigenvalue weighted by atomic mass is 79.9. The van der Waals surface area contributed by atoms with Crippen molar-refractivity contribution in [1.29, 1.82) is 0 Å². The van der Waals surface area contributed by atoms with Crippen molar-refractivity contribution < 1.29 is 13.2 Å².